The van der Waals surface area contributed by atoms with Gasteiger partial charge >= 0.3 is 5.95 Å². The zero-order chi connectivity index (χ0) is 13.8. The standard InChI is InChI=1S/C13H21N5O.2ClH/c1-4-17(5-2)8-9-18-12-10(15-13(18)14)6-7-11(16-12)19-3;;/h6-7H,4-5,8-9H2,1-3H3,(H2,14,15);2*1H. The van der Waals surface area contributed by atoms with Crippen LogP contribution in [-0.2, 0) is 6.54 Å². The van der Waals surface area contributed by atoms with E-state index in [2.05, 4.69) is 23.8 Å². The van der Waals surface area contributed by atoms with E-state index in [-0.39, 0.29) is 24.8 Å². The lowest BCUT2D eigenvalue weighted by molar-refractivity contribution is -0.913. The average molecular weight is 336 g/mol. The summed E-state index contributed by atoms with van der Waals surface area (Å²) in [5.41, 5.74) is 7.82. The van der Waals surface area contributed by atoms with E-state index in [0.717, 1.165) is 37.3 Å². The Morgan fingerprint density at radius 3 is 2.52 bits per heavy atom. The molecule has 2 aromatic rings. The van der Waals surface area contributed by atoms with E-state index in [1.807, 2.05) is 16.7 Å². The van der Waals surface area contributed by atoms with Gasteiger partial charge in [-0.1, -0.05) is 4.98 Å². The summed E-state index contributed by atoms with van der Waals surface area (Å²) in [5, 5.41) is 0. The Kier molecular flexibility index (Phi) is 8.39. The highest BCUT2D eigenvalue weighted by Crippen LogP contribution is 2.13. The van der Waals surface area contributed by atoms with Gasteiger partial charge in [0.15, 0.2) is 5.52 Å². The fourth-order valence-electron chi connectivity index (χ4n) is 2.27. The van der Waals surface area contributed by atoms with Crippen molar-refractivity contribution >= 4 is 17.1 Å². The van der Waals surface area contributed by atoms with E-state index in [9.17, 15) is 0 Å². The van der Waals surface area contributed by atoms with Gasteiger partial charge in [-0.3, -0.25) is 4.98 Å². The van der Waals surface area contributed by atoms with E-state index < -0.39 is 0 Å². The van der Waals surface area contributed by atoms with Crippen LogP contribution in [-0.4, -0.2) is 36.7 Å². The molecule has 0 spiro atoms. The minimum Gasteiger partial charge on any atom is -1.00 e. The van der Waals surface area contributed by atoms with Crippen LogP contribution in [0.2, 0.25) is 0 Å². The highest BCUT2D eigenvalue weighted by Gasteiger charge is 2.18. The van der Waals surface area contributed by atoms with Gasteiger partial charge in [-0.25, -0.2) is 4.57 Å². The first kappa shape index (κ1) is 19.8. The third-order valence-electron chi connectivity index (χ3n) is 3.56. The maximum Gasteiger partial charge on any atom is 0.312 e. The lowest BCUT2D eigenvalue weighted by atomic mass is 10.4. The molecule has 2 rings (SSSR count). The van der Waals surface area contributed by atoms with Gasteiger partial charge in [0.2, 0.25) is 0 Å². The molecule has 0 aliphatic rings. The Hall–Kier alpha value is -1.24. The normalized spacial score (nSPS) is 10.3. The number of pyridine rings is 1. The van der Waals surface area contributed by atoms with Crippen LogP contribution in [0, 0.1) is 0 Å². The average Bonchev–Trinajstić information content (AvgIpc) is 2.75. The van der Waals surface area contributed by atoms with Gasteiger partial charge in [0.05, 0.1) is 20.2 Å². The Labute approximate surface area is 137 Å². The first-order valence-corrected chi connectivity index (χ1v) is 6.75. The topological polar surface area (TPSA) is 72.2 Å². The second-order valence-corrected chi connectivity index (χ2v) is 4.59. The van der Waals surface area contributed by atoms with E-state index in [4.69, 9.17) is 10.5 Å². The summed E-state index contributed by atoms with van der Waals surface area (Å²) in [6.45, 7) is 8.52. The summed E-state index contributed by atoms with van der Waals surface area (Å²) in [4.78, 5) is 9.16. The van der Waals surface area contributed by atoms with Crippen molar-refractivity contribution in [3.05, 3.63) is 12.1 Å². The first-order chi connectivity index (χ1) is 9.19. The number of quaternary nitrogens is 1. The summed E-state index contributed by atoms with van der Waals surface area (Å²) in [5.74, 6) is 1.25. The Balaban J connectivity index is 0.00000200. The molecule has 0 aliphatic heterocycles. The van der Waals surface area contributed by atoms with E-state index in [1.54, 1.807) is 12.0 Å². The number of nitrogen functional groups attached to an aromatic ring is 1. The third kappa shape index (κ3) is 4.36. The molecule has 0 atom stereocenters. The number of ether oxygens (including phenoxy) is 1. The third-order valence-corrected chi connectivity index (χ3v) is 3.56. The van der Waals surface area contributed by atoms with E-state index >= 15 is 0 Å². The number of anilines is 1. The van der Waals surface area contributed by atoms with E-state index in [1.165, 1.54) is 0 Å². The van der Waals surface area contributed by atoms with Gasteiger partial charge in [-0.15, -0.1) is 0 Å². The van der Waals surface area contributed by atoms with Crippen LogP contribution in [0.4, 0.5) is 5.95 Å². The second kappa shape index (κ2) is 8.92. The van der Waals surface area contributed by atoms with Crippen molar-refractivity contribution < 1.29 is 39.0 Å². The fourth-order valence-corrected chi connectivity index (χ4v) is 2.27. The van der Waals surface area contributed by atoms with Crippen molar-refractivity contribution in [3.8, 4) is 5.88 Å². The predicted molar refractivity (Wildman–Crippen MR) is 74.2 cm³/mol. The molecule has 0 aliphatic carbocycles. The largest absolute Gasteiger partial charge is 1.00 e. The molecule has 0 bridgehead atoms. The van der Waals surface area contributed by atoms with Crippen LogP contribution in [0.15, 0.2) is 12.1 Å². The van der Waals surface area contributed by atoms with Gasteiger partial charge in [0.1, 0.15) is 13.1 Å². The summed E-state index contributed by atoms with van der Waals surface area (Å²) in [7, 11) is 1.62. The molecule has 0 saturated carbocycles. The highest BCUT2D eigenvalue weighted by molar-refractivity contribution is 5.69. The fraction of sp³-hybridized carbons (Fsp3) is 0.538. The van der Waals surface area contributed by atoms with Crippen LogP contribution in [0.1, 0.15) is 13.8 Å². The summed E-state index contributed by atoms with van der Waals surface area (Å²) < 4.78 is 7.19. The molecule has 0 aromatic carbocycles. The molecule has 0 fully saturated rings. The number of H-pyrrole nitrogens is 1. The number of halogens is 2. The highest BCUT2D eigenvalue weighted by atomic mass is 35.5. The second-order valence-electron chi connectivity index (χ2n) is 4.59. The van der Waals surface area contributed by atoms with Gasteiger partial charge < -0.3 is 40.2 Å². The van der Waals surface area contributed by atoms with Crippen molar-refractivity contribution in [1.82, 2.24) is 9.97 Å². The zero-order valence-corrected chi connectivity index (χ0v) is 14.1. The number of rotatable bonds is 6. The Morgan fingerprint density at radius 1 is 1.29 bits per heavy atom. The molecule has 0 amide bonds. The monoisotopic (exact) mass is 335 g/mol. The summed E-state index contributed by atoms with van der Waals surface area (Å²) in [6.07, 6.45) is 0. The molecule has 2 heterocycles. The SMILES string of the molecule is CC[NH+](CC)CC[n+]1c(N)[nH]c2ccc(OC)nc21.[Cl-].[Cl-]. The number of hydrogen-bond acceptors (Lipinski definition) is 3. The molecule has 4 N–H and O–H groups in total. The first-order valence-electron chi connectivity index (χ1n) is 6.75. The van der Waals surface area contributed by atoms with Crippen molar-refractivity contribution in [3.63, 3.8) is 0 Å². The minimum absolute atomic E-state index is 0. The lowest BCUT2D eigenvalue weighted by Gasteiger charge is -2.14. The number of methoxy groups -OCH3 is 1. The van der Waals surface area contributed by atoms with Crippen molar-refractivity contribution in [1.29, 1.82) is 0 Å². The number of aromatic nitrogens is 3. The van der Waals surface area contributed by atoms with Crippen LogP contribution in [0.3, 0.4) is 0 Å². The zero-order valence-electron chi connectivity index (χ0n) is 12.6. The Morgan fingerprint density at radius 2 is 1.95 bits per heavy atom. The Bertz CT molecular complexity index is 557. The number of nitrogens with zero attached hydrogens (tertiary/aromatic N) is 2. The number of hydrogen-bond donors (Lipinski definition) is 3. The van der Waals surface area contributed by atoms with Gasteiger partial charge in [0.25, 0.3) is 11.5 Å². The molecule has 21 heavy (non-hydrogen) atoms. The molecule has 6 nitrogen and oxygen atoms in total. The predicted octanol–water partition coefficient (Wildman–Crippen LogP) is -6.63. The number of nitrogens with two attached hydrogens (primary N) is 1. The molecule has 0 saturated heterocycles. The summed E-state index contributed by atoms with van der Waals surface area (Å²) >= 11 is 0. The number of likely N-dealkylation sites (N-methyl/N-ethyl adjacent to an activating group) is 1. The van der Waals surface area contributed by atoms with Crippen LogP contribution >= 0.6 is 0 Å². The molecule has 0 radical (unpaired) electrons. The minimum atomic E-state index is 0. The number of imidazole rings is 1. The van der Waals surface area contributed by atoms with E-state index in [0.29, 0.717) is 11.8 Å². The summed E-state index contributed by atoms with van der Waals surface area (Å²) in [6, 6.07) is 3.77. The van der Waals surface area contributed by atoms with Crippen LogP contribution in [0.5, 0.6) is 5.88 Å². The van der Waals surface area contributed by atoms with Crippen molar-refractivity contribution in [2.45, 2.75) is 20.4 Å². The number of nitrogens with one attached hydrogen (secondary N) is 2. The van der Waals surface area contributed by atoms with Crippen molar-refractivity contribution in [2.24, 2.45) is 0 Å². The molecule has 2 aromatic heterocycles. The molecule has 8 heteroatoms. The maximum atomic E-state index is 6.03. The van der Waals surface area contributed by atoms with Crippen LogP contribution < -0.4 is 44.8 Å². The molecule has 120 valence electrons. The maximum absolute atomic E-state index is 6.03. The molecular weight excluding hydrogens is 313 g/mol. The quantitative estimate of drug-likeness (QED) is 0.460. The smallest absolute Gasteiger partial charge is 0.312 e. The molecule has 0 unspecified atom stereocenters. The van der Waals surface area contributed by atoms with Crippen molar-refractivity contribution in [2.75, 3.05) is 32.5 Å². The van der Waals surface area contributed by atoms with Gasteiger partial charge in [0, 0.05) is 6.07 Å². The molecular formula is C13H23Cl2N5O. The lowest BCUT2D eigenvalue weighted by Crippen LogP contribution is -3.12. The number of aromatic amines is 1. The van der Waals surface area contributed by atoms with Gasteiger partial charge in [-0.2, -0.15) is 0 Å². The number of fused-ring (bicyclic) bond motifs is 1. The van der Waals surface area contributed by atoms with Gasteiger partial charge in [-0.05, 0) is 19.9 Å². The van der Waals surface area contributed by atoms with Crippen LogP contribution in [0.25, 0.3) is 11.2 Å².